The molecule has 0 atom stereocenters. The van der Waals surface area contributed by atoms with Crippen molar-refractivity contribution in [3.05, 3.63) is 65.4 Å². The summed E-state index contributed by atoms with van der Waals surface area (Å²) in [5.74, 6) is 0.933. The summed E-state index contributed by atoms with van der Waals surface area (Å²) in [6.07, 6.45) is 0. The molecule has 0 spiro atoms. The van der Waals surface area contributed by atoms with E-state index in [2.05, 4.69) is 55.2 Å². The molecule has 0 fully saturated rings. The van der Waals surface area contributed by atoms with Gasteiger partial charge in [0.2, 0.25) is 0 Å². The van der Waals surface area contributed by atoms with Crippen LogP contribution in [0, 0.1) is 13.8 Å². The normalized spacial score (nSPS) is 10.8. The number of aromatic amines is 1. The summed E-state index contributed by atoms with van der Waals surface area (Å²) in [4.78, 5) is 3.32. The number of H-pyrrole nitrogens is 1. The van der Waals surface area contributed by atoms with E-state index in [9.17, 15) is 0 Å². The third-order valence-corrected chi connectivity index (χ3v) is 3.27. The Bertz CT molecular complexity index is 695. The van der Waals surface area contributed by atoms with Gasteiger partial charge in [-0.1, -0.05) is 35.9 Å². The molecular weight excluding hydrogens is 234 g/mol. The Hall–Kier alpha value is -2.22. The average Bonchev–Trinajstić information content (AvgIpc) is 2.79. The maximum absolute atomic E-state index is 5.94. The smallest absolute Gasteiger partial charge is 0.129 e. The van der Waals surface area contributed by atoms with Gasteiger partial charge in [-0.2, -0.15) is 0 Å². The zero-order valence-electron chi connectivity index (χ0n) is 11.2. The summed E-state index contributed by atoms with van der Waals surface area (Å²) in [6, 6.07) is 16.7. The first-order chi connectivity index (χ1) is 9.22. The highest BCUT2D eigenvalue weighted by Gasteiger charge is 2.04. The quantitative estimate of drug-likeness (QED) is 0.735. The first kappa shape index (κ1) is 11.8. The van der Waals surface area contributed by atoms with Crippen molar-refractivity contribution < 1.29 is 4.74 Å². The van der Waals surface area contributed by atoms with Crippen LogP contribution in [0.25, 0.3) is 10.9 Å². The molecule has 0 bridgehead atoms. The Morgan fingerprint density at radius 3 is 2.58 bits per heavy atom. The van der Waals surface area contributed by atoms with E-state index >= 15 is 0 Å². The molecule has 0 saturated heterocycles. The Kier molecular flexibility index (Phi) is 3.00. The van der Waals surface area contributed by atoms with Crippen LogP contribution in [0.4, 0.5) is 0 Å². The van der Waals surface area contributed by atoms with Gasteiger partial charge in [0.25, 0.3) is 0 Å². The predicted octanol–water partition coefficient (Wildman–Crippen LogP) is 4.36. The molecule has 0 unspecified atom stereocenters. The molecule has 96 valence electrons. The molecule has 2 heteroatoms. The van der Waals surface area contributed by atoms with E-state index < -0.39 is 0 Å². The SMILES string of the molecule is Cc1ccc(COc2cccc3[nH]c(C)cc23)cc1. The standard InChI is InChI=1S/C17H17NO/c1-12-6-8-14(9-7-12)11-19-17-5-3-4-16-15(17)10-13(2)18-16/h3-10,18H,11H2,1-2H3. The summed E-state index contributed by atoms with van der Waals surface area (Å²) in [7, 11) is 0. The van der Waals surface area contributed by atoms with Crippen molar-refractivity contribution in [3.8, 4) is 5.75 Å². The fourth-order valence-corrected chi connectivity index (χ4v) is 2.24. The van der Waals surface area contributed by atoms with E-state index in [1.807, 2.05) is 12.1 Å². The van der Waals surface area contributed by atoms with Gasteiger partial charge in [-0.05, 0) is 37.6 Å². The maximum atomic E-state index is 5.94. The van der Waals surface area contributed by atoms with Crippen molar-refractivity contribution in [1.29, 1.82) is 0 Å². The molecule has 0 aliphatic carbocycles. The second kappa shape index (κ2) is 4.81. The first-order valence-electron chi connectivity index (χ1n) is 6.49. The van der Waals surface area contributed by atoms with Gasteiger partial charge in [0, 0.05) is 16.6 Å². The van der Waals surface area contributed by atoms with Crippen molar-refractivity contribution >= 4 is 10.9 Å². The minimum absolute atomic E-state index is 0.601. The van der Waals surface area contributed by atoms with Crippen LogP contribution in [-0.4, -0.2) is 4.98 Å². The zero-order chi connectivity index (χ0) is 13.2. The van der Waals surface area contributed by atoms with E-state index in [1.54, 1.807) is 0 Å². The maximum Gasteiger partial charge on any atom is 0.129 e. The number of ether oxygens (including phenoxy) is 1. The molecule has 0 aliphatic heterocycles. The second-order valence-corrected chi connectivity index (χ2v) is 4.94. The van der Waals surface area contributed by atoms with Crippen molar-refractivity contribution in [2.45, 2.75) is 20.5 Å². The molecule has 0 radical (unpaired) electrons. The third kappa shape index (κ3) is 2.48. The predicted molar refractivity (Wildman–Crippen MR) is 78.5 cm³/mol. The number of nitrogens with one attached hydrogen (secondary N) is 1. The highest BCUT2D eigenvalue weighted by molar-refractivity contribution is 5.86. The molecule has 0 amide bonds. The average molecular weight is 251 g/mol. The molecule has 1 aromatic heterocycles. The van der Waals surface area contributed by atoms with Gasteiger partial charge >= 0.3 is 0 Å². The fourth-order valence-electron chi connectivity index (χ4n) is 2.24. The Morgan fingerprint density at radius 1 is 1.00 bits per heavy atom. The Balaban J connectivity index is 1.83. The summed E-state index contributed by atoms with van der Waals surface area (Å²) in [5, 5.41) is 1.15. The van der Waals surface area contributed by atoms with E-state index in [0.717, 1.165) is 22.3 Å². The van der Waals surface area contributed by atoms with Gasteiger partial charge in [0.15, 0.2) is 0 Å². The highest BCUT2D eigenvalue weighted by Crippen LogP contribution is 2.26. The van der Waals surface area contributed by atoms with Gasteiger partial charge in [0.05, 0.1) is 0 Å². The van der Waals surface area contributed by atoms with Crippen LogP contribution in [0.5, 0.6) is 5.75 Å². The van der Waals surface area contributed by atoms with E-state index in [1.165, 1.54) is 11.1 Å². The topological polar surface area (TPSA) is 25.0 Å². The van der Waals surface area contributed by atoms with Crippen molar-refractivity contribution in [2.75, 3.05) is 0 Å². The lowest BCUT2D eigenvalue weighted by atomic mass is 10.2. The molecule has 19 heavy (non-hydrogen) atoms. The van der Waals surface area contributed by atoms with Crippen LogP contribution >= 0.6 is 0 Å². The van der Waals surface area contributed by atoms with Gasteiger partial charge in [0.1, 0.15) is 12.4 Å². The Labute approximate surface area is 113 Å². The van der Waals surface area contributed by atoms with Gasteiger partial charge in [-0.15, -0.1) is 0 Å². The lowest BCUT2D eigenvalue weighted by Gasteiger charge is -2.07. The largest absolute Gasteiger partial charge is 0.488 e. The minimum atomic E-state index is 0.601. The lowest BCUT2D eigenvalue weighted by Crippen LogP contribution is -1.95. The van der Waals surface area contributed by atoms with Crippen LogP contribution in [0.2, 0.25) is 0 Å². The van der Waals surface area contributed by atoms with Crippen LogP contribution in [0.1, 0.15) is 16.8 Å². The molecule has 1 heterocycles. The van der Waals surface area contributed by atoms with Crippen LogP contribution in [0.3, 0.4) is 0 Å². The van der Waals surface area contributed by atoms with E-state index in [0.29, 0.717) is 6.61 Å². The van der Waals surface area contributed by atoms with Crippen LogP contribution in [0.15, 0.2) is 48.5 Å². The van der Waals surface area contributed by atoms with Crippen molar-refractivity contribution in [2.24, 2.45) is 0 Å². The third-order valence-electron chi connectivity index (χ3n) is 3.27. The zero-order valence-corrected chi connectivity index (χ0v) is 11.2. The van der Waals surface area contributed by atoms with E-state index in [-0.39, 0.29) is 0 Å². The van der Waals surface area contributed by atoms with Crippen LogP contribution in [-0.2, 0) is 6.61 Å². The molecule has 3 aromatic rings. The lowest BCUT2D eigenvalue weighted by molar-refractivity contribution is 0.310. The van der Waals surface area contributed by atoms with E-state index in [4.69, 9.17) is 4.74 Å². The van der Waals surface area contributed by atoms with Crippen molar-refractivity contribution in [3.63, 3.8) is 0 Å². The summed E-state index contributed by atoms with van der Waals surface area (Å²) < 4.78 is 5.94. The number of fused-ring (bicyclic) bond motifs is 1. The van der Waals surface area contributed by atoms with Gasteiger partial charge in [-0.25, -0.2) is 0 Å². The molecular formula is C17H17NO. The molecule has 1 N–H and O–H groups in total. The van der Waals surface area contributed by atoms with Crippen LogP contribution < -0.4 is 4.74 Å². The number of aryl methyl sites for hydroxylation is 2. The second-order valence-electron chi connectivity index (χ2n) is 4.94. The number of rotatable bonds is 3. The number of benzene rings is 2. The van der Waals surface area contributed by atoms with Gasteiger partial charge in [-0.3, -0.25) is 0 Å². The summed E-state index contributed by atoms with van der Waals surface area (Å²) in [5.41, 5.74) is 4.74. The number of aromatic nitrogens is 1. The first-order valence-corrected chi connectivity index (χ1v) is 6.49. The molecule has 2 nitrogen and oxygen atoms in total. The highest BCUT2D eigenvalue weighted by atomic mass is 16.5. The van der Waals surface area contributed by atoms with Crippen molar-refractivity contribution in [1.82, 2.24) is 4.98 Å². The Morgan fingerprint density at radius 2 is 1.79 bits per heavy atom. The molecule has 3 rings (SSSR count). The molecule has 2 aromatic carbocycles. The summed E-state index contributed by atoms with van der Waals surface area (Å²) >= 11 is 0. The molecule has 0 aliphatic rings. The number of hydrogen-bond donors (Lipinski definition) is 1. The van der Waals surface area contributed by atoms with Gasteiger partial charge < -0.3 is 9.72 Å². The minimum Gasteiger partial charge on any atom is -0.488 e. The molecule has 0 saturated carbocycles. The number of hydrogen-bond acceptors (Lipinski definition) is 1. The monoisotopic (exact) mass is 251 g/mol. The fraction of sp³-hybridized carbons (Fsp3) is 0.176. The summed E-state index contributed by atoms with van der Waals surface area (Å²) in [6.45, 7) is 4.75.